The smallest absolute Gasteiger partial charge is 0.243 e. The van der Waals surface area contributed by atoms with Gasteiger partial charge in [-0.15, -0.1) is 11.8 Å². The van der Waals surface area contributed by atoms with Gasteiger partial charge < -0.3 is 10.2 Å². The lowest BCUT2D eigenvalue weighted by Gasteiger charge is -2.32. The summed E-state index contributed by atoms with van der Waals surface area (Å²) < 4.78 is 14.0. The third-order valence-electron chi connectivity index (χ3n) is 5.62. The molecule has 0 saturated heterocycles. The van der Waals surface area contributed by atoms with Gasteiger partial charge in [0.1, 0.15) is 11.9 Å². The van der Waals surface area contributed by atoms with Crippen LogP contribution in [0.25, 0.3) is 0 Å². The van der Waals surface area contributed by atoms with Crippen LogP contribution in [0.5, 0.6) is 0 Å². The molecule has 0 aliphatic rings. The van der Waals surface area contributed by atoms with Gasteiger partial charge in [0.15, 0.2) is 0 Å². The van der Waals surface area contributed by atoms with Crippen LogP contribution in [0.4, 0.5) is 4.39 Å². The summed E-state index contributed by atoms with van der Waals surface area (Å²) in [4.78, 5) is 28.5. The molecular formula is C29H33FN2O2S. The summed E-state index contributed by atoms with van der Waals surface area (Å²) >= 11 is 1.36. The fourth-order valence-electron chi connectivity index (χ4n) is 3.77. The third kappa shape index (κ3) is 8.25. The molecule has 0 saturated carbocycles. The highest BCUT2D eigenvalue weighted by Gasteiger charge is 2.30. The molecule has 3 aromatic rings. The van der Waals surface area contributed by atoms with Crippen LogP contribution in [-0.4, -0.2) is 34.6 Å². The van der Waals surface area contributed by atoms with E-state index in [0.29, 0.717) is 24.3 Å². The predicted octanol–water partition coefficient (Wildman–Crippen LogP) is 5.53. The van der Waals surface area contributed by atoms with Gasteiger partial charge in [-0.1, -0.05) is 78.4 Å². The van der Waals surface area contributed by atoms with E-state index in [0.717, 1.165) is 16.7 Å². The monoisotopic (exact) mass is 492 g/mol. The van der Waals surface area contributed by atoms with E-state index >= 15 is 0 Å². The van der Waals surface area contributed by atoms with Gasteiger partial charge in [0.05, 0.1) is 5.75 Å². The summed E-state index contributed by atoms with van der Waals surface area (Å²) in [5.74, 6) is -0.0592. The fraction of sp³-hybridized carbons (Fsp3) is 0.310. The van der Waals surface area contributed by atoms with Crippen LogP contribution in [0.3, 0.4) is 0 Å². The number of nitrogens with zero attached hydrogens (tertiary/aromatic N) is 1. The van der Waals surface area contributed by atoms with Crippen molar-refractivity contribution in [1.82, 2.24) is 10.2 Å². The van der Waals surface area contributed by atoms with E-state index in [9.17, 15) is 14.0 Å². The lowest BCUT2D eigenvalue weighted by molar-refractivity contribution is -0.139. The second kappa shape index (κ2) is 13.1. The van der Waals surface area contributed by atoms with Crippen LogP contribution >= 0.6 is 11.8 Å². The van der Waals surface area contributed by atoms with Crippen molar-refractivity contribution in [1.29, 1.82) is 0 Å². The van der Waals surface area contributed by atoms with Crippen LogP contribution in [0.2, 0.25) is 0 Å². The number of rotatable bonds is 11. The Labute approximate surface area is 211 Å². The van der Waals surface area contributed by atoms with Gasteiger partial charge in [-0.25, -0.2) is 4.39 Å². The van der Waals surface area contributed by atoms with E-state index < -0.39 is 6.04 Å². The van der Waals surface area contributed by atoms with Crippen molar-refractivity contribution in [3.05, 3.63) is 107 Å². The van der Waals surface area contributed by atoms with E-state index in [1.807, 2.05) is 75.4 Å². The number of carbonyl (C=O) groups is 2. The minimum Gasteiger partial charge on any atom is -0.352 e. The number of carbonyl (C=O) groups excluding carboxylic acids is 2. The normalized spacial score (nSPS) is 11.8. The quantitative estimate of drug-likeness (QED) is 0.383. The zero-order valence-corrected chi connectivity index (χ0v) is 21.4. The highest BCUT2D eigenvalue weighted by molar-refractivity contribution is 7.99. The minimum atomic E-state index is -0.664. The lowest BCUT2D eigenvalue weighted by Crippen LogP contribution is -2.52. The second-order valence-electron chi connectivity index (χ2n) is 8.96. The summed E-state index contributed by atoms with van der Waals surface area (Å²) in [5, 5.41) is 2.99. The number of halogens is 1. The highest BCUT2D eigenvalue weighted by atomic mass is 32.2. The van der Waals surface area contributed by atoms with Gasteiger partial charge in [0.25, 0.3) is 0 Å². The predicted molar refractivity (Wildman–Crippen MR) is 142 cm³/mol. The van der Waals surface area contributed by atoms with Crippen LogP contribution in [-0.2, 0) is 28.3 Å². The Hall–Kier alpha value is -3.12. The summed E-state index contributed by atoms with van der Waals surface area (Å²) in [7, 11) is 0. The van der Waals surface area contributed by atoms with Gasteiger partial charge in [0.2, 0.25) is 11.8 Å². The molecule has 0 aliphatic heterocycles. The molecule has 0 fully saturated rings. The van der Waals surface area contributed by atoms with Crippen molar-refractivity contribution < 1.29 is 14.0 Å². The third-order valence-corrected chi connectivity index (χ3v) is 6.58. The lowest BCUT2D eigenvalue weighted by atomic mass is 10.0. The molecule has 0 aromatic heterocycles. The van der Waals surface area contributed by atoms with Crippen LogP contribution in [0, 0.1) is 12.7 Å². The summed E-state index contributed by atoms with van der Waals surface area (Å²) in [6, 6.07) is 23.6. The van der Waals surface area contributed by atoms with Gasteiger partial charge >= 0.3 is 0 Å². The Bertz CT molecular complexity index is 1100. The Kier molecular flexibility index (Phi) is 9.91. The summed E-state index contributed by atoms with van der Waals surface area (Å²) in [6.07, 6.45) is 0.412. The fourth-order valence-corrected chi connectivity index (χ4v) is 4.67. The first-order chi connectivity index (χ1) is 16.8. The molecule has 0 unspecified atom stereocenters. The maximum Gasteiger partial charge on any atom is 0.243 e. The van der Waals surface area contributed by atoms with Crippen molar-refractivity contribution in [2.24, 2.45) is 0 Å². The van der Waals surface area contributed by atoms with Crippen molar-refractivity contribution in [3.8, 4) is 0 Å². The molecule has 2 amide bonds. The Morgan fingerprint density at radius 3 is 2.23 bits per heavy atom. The summed E-state index contributed by atoms with van der Waals surface area (Å²) in [6.45, 7) is 6.16. The van der Waals surface area contributed by atoms with Gasteiger partial charge in [0, 0.05) is 24.8 Å². The number of benzene rings is 3. The van der Waals surface area contributed by atoms with Crippen molar-refractivity contribution >= 4 is 23.6 Å². The van der Waals surface area contributed by atoms with Crippen LogP contribution in [0.1, 0.15) is 36.1 Å². The number of hydrogen-bond acceptors (Lipinski definition) is 3. The topological polar surface area (TPSA) is 49.4 Å². The molecule has 0 heterocycles. The van der Waals surface area contributed by atoms with E-state index in [2.05, 4.69) is 5.32 Å². The van der Waals surface area contributed by atoms with E-state index in [-0.39, 0.29) is 29.4 Å². The molecule has 1 N–H and O–H groups in total. The molecular weight excluding hydrogens is 459 g/mol. The zero-order valence-electron chi connectivity index (χ0n) is 20.5. The van der Waals surface area contributed by atoms with Crippen molar-refractivity contribution in [2.75, 3.05) is 5.75 Å². The molecule has 0 radical (unpaired) electrons. The molecule has 0 aliphatic carbocycles. The first kappa shape index (κ1) is 26.5. The first-order valence-electron chi connectivity index (χ1n) is 11.8. The van der Waals surface area contributed by atoms with Gasteiger partial charge in [-0.2, -0.15) is 0 Å². The maximum atomic E-state index is 14.0. The molecule has 3 rings (SSSR count). The SMILES string of the molecule is Cc1ccc(CN(C(=O)CSCc2ccccc2F)[C@@H](Cc2ccccc2)C(=O)NC(C)C)cc1. The molecule has 184 valence electrons. The van der Waals surface area contributed by atoms with E-state index in [4.69, 9.17) is 0 Å². The van der Waals surface area contributed by atoms with Gasteiger partial charge in [-0.3, -0.25) is 9.59 Å². The standard InChI is InChI=1S/C29H33FN2O2S/c1-21(2)31-29(34)27(17-23-9-5-4-6-10-23)32(18-24-15-13-22(3)14-16-24)28(33)20-35-19-25-11-7-8-12-26(25)30/h4-16,21,27H,17-20H2,1-3H3,(H,31,34)/t27-/m0/s1. The van der Waals surface area contributed by atoms with Crippen molar-refractivity contribution in [3.63, 3.8) is 0 Å². The number of hydrogen-bond donors (Lipinski definition) is 1. The number of thioether (sulfide) groups is 1. The second-order valence-corrected chi connectivity index (χ2v) is 9.95. The van der Waals surface area contributed by atoms with E-state index in [1.165, 1.54) is 17.8 Å². The number of nitrogens with one attached hydrogen (secondary N) is 1. The Morgan fingerprint density at radius 2 is 1.57 bits per heavy atom. The maximum absolute atomic E-state index is 14.0. The molecule has 0 spiro atoms. The molecule has 6 heteroatoms. The summed E-state index contributed by atoms with van der Waals surface area (Å²) in [5.41, 5.74) is 3.63. The van der Waals surface area contributed by atoms with Crippen molar-refractivity contribution in [2.45, 2.75) is 51.6 Å². The van der Waals surface area contributed by atoms with E-state index in [1.54, 1.807) is 23.1 Å². The molecule has 35 heavy (non-hydrogen) atoms. The average molecular weight is 493 g/mol. The minimum absolute atomic E-state index is 0.0486. The molecule has 0 bridgehead atoms. The molecule has 4 nitrogen and oxygen atoms in total. The van der Waals surface area contributed by atoms with Crippen LogP contribution < -0.4 is 5.32 Å². The Morgan fingerprint density at radius 1 is 0.914 bits per heavy atom. The highest BCUT2D eigenvalue weighted by Crippen LogP contribution is 2.20. The zero-order chi connectivity index (χ0) is 25.2. The Balaban J connectivity index is 1.84. The first-order valence-corrected chi connectivity index (χ1v) is 13.0. The molecule has 3 aromatic carbocycles. The number of aryl methyl sites for hydroxylation is 1. The molecule has 1 atom stereocenters. The number of amides is 2. The average Bonchev–Trinajstić information content (AvgIpc) is 2.84. The van der Waals surface area contributed by atoms with Crippen LogP contribution in [0.15, 0.2) is 78.9 Å². The largest absolute Gasteiger partial charge is 0.352 e. The van der Waals surface area contributed by atoms with Gasteiger partial charge in [-0.05, 0) is 43.5 Å².